The Morgan fingerprint density at radius 1 is 1.19 bits per heavy atom. The molecule has 8 heteroatoms. The van der Waals surface area contributed by atoms with Gasteiger partial charge in [0.05, 0.1) is 0 Å². The highest BCUT2D eigenvalue weighted by atomic mass is 32.2. The molecule has 0 aromatic heterocycles. The first kappa shape index (κ1) is 23.9. The van der Waals surface area contributed by atoms with Gasteiger partial charge in [-0.2, -0.15) is 0 Å². The van der Waals surface area contributed by atoms with Crippen LogP contribution in [0.3, 0.4) is 0 Å². The lowest BCUT2D eigenvalue weighted by Gasteiger charge is -2.35. The molecule has 0 aliphatic carbocycles. The number of nitrogens with zero attached hydrogens (tertiary/aromatic N) is 1. The van der Waals surface area contributed by atoms with Crippen LogP contribution in [0, 0.1) is 6.92 Å². The molecule has 2 aromatic rings. The molecule has 2 aromatic carbocycles. The predicted octanol–water partition coefficient (Wildman–Crippen LogP) is 3.61. The van der Waals surface area contributed by atoms with Crippen molar-refractivity contribution in [1.29, 1.82) is 0 Å². The molecule has 0 saturated carbocycles. The molecule has 0 spiro atoms. The van der Waals surface area contributed by atoms with Crippen LogP contribution in [0.15, 0.2) is 42.5 Å². The Morgan fingerprint density at radius 3 is 2.47 bits per heavy atom. The van der Waals surface area contributed by atoms with Crippen LogP contribution >= 0.6 is 0 Å². The zero-order chi connectivity index (χ0) is 23.5. The van der Waals surface area contributed by atoms with Gasteiger partial charge in [-0.25, -0.2) is 12.7 Å². The Bertz CT molecular complexity index is 1100. The number of carboxylic acids is 1. The number of hydrogen-bond donors (Lipinski definition) is 1. The largest absolute Gasteiger partial charge is 0.486 e. The normalized spacial score (nSPS) is 16.0. The summed E-state index contributed by atoms with van der Waals surface area (Å²) in [5.41, 5.74) is 4.30. The third-order valence-corrected chi connectivity index (χ3v) is 8.65. The number of sulfonamides is 1. The van der Waals surface area contributed by atoms with E-state index in [1.54, 1.807) is 0 Å². The van der Waals surface area contributed by atoms with Crippen molar-refractivity contribution >= 4 is 22.3 Å². The van der Waals surface area contributed by atoms with Gasteiger partial charge in [0.15, 0.2) is 11.0 Å². The summed E-state index contributed by atoms with van der Waals surface area (Å²) in [5, 5.41) is 9.32. The molecular weight excluding hydrogens is 430 g/mol. The highest BCUT2D eigenvalue weighted by molar-refractivity contribution is 7.91. The van der Waals surface area contributed by atoms with Gasteiger partial charge in [0.2, 0.25) is 10.0 Å². The van der Waals surface area contributed by atoms with Crippen LogP contribution in [0.2, 0.25) is 0 Å². The smallest absolute Gasteiger partial charge is 0.325 e. The van der Waals surface area contributed by atoms with Crippen LogP contribution in [0.4, 0.5) is 0 Å². The summed E-state index contributed by atoms with van der Waals surface area (Å²) in [6.45, 7) is 5.13. The van der Waals surface area contributed by atoms with Crippen LogP contribution in [0.1, 0.15) is 43.7 Å². The Hall–Kier alpha value is -2.71. The van der Waals surface area contributed by atoms with Gasteiger partial charge in [0, 0.05) is 13.1 Å². The maximum absolute atomic E-state index is 12.8. The lowest BCUT2D eigenvalue weighted by atomic mass is 9.87. The number of aldehydes is 1. The first-order valence-electron chi connectivity index (χ1n) is 10.6. The minimum Gasteiger partial charge on any atom is -0.486 e. The van der Waals surface area contributed by atoms with E-state index < -0.39 is 20.7 Å². The minimum absolute atomic E-state index is 0.0133. The Kier molecular flexibility index (Phi) is 7.05. The van der Waals surface area contributed by atoms with Gasteiger partial charge >= 0.3 is 5.97 Å². The number of aliphatic carboxylic acids is 1. The van der Waals surface area contributed by atoms with Gasteiger partial charge in [-0.15, -0.1) is 0 Å². The van der Waals surface area contributed by atoms with E-state index >= 15 is 0 Å². The van der Waals surface area contributed by atoms with Crippen LogP contribution < -0.4 is 4.74 Å². The van der Waals surface area contributed by atoms with E-state index in [4.69, 9.17) is 4.74 Å². The molecule has 32 heavy (non-hydrogen) atoms. The van der Waals surface area contributed by atoms with Crippen molar-refractivity contribution in [3.63, 3.8) is 0 Å². The van der Waals surface area contributed by atoms with E-state index in [0.717, 1.165) is 22.3 Å². The van der Waals surface area contributed by atoms with E-state index in [-0.39, 0.29) is 12.5 Å². The zero-order valence-electron chi connectivity index (χ0n) is 18.6. The van der Waals surface area contributed by atoms with Crippen LogP contribution in [0.5, 0.6) is 5.75 Å². The van der Waals surface area contributed by atoms with Gasteiger partial charge in [-0.3, -0.25) is 9.59 Å². The zero-order valence-corrected chi connectivity index (χ0v) is 19.4. The molecule has 172 valence electrons. The van der Waals surface area contributed by atoms with Crippen molar-refractivity contribution < 1.29 is 27.9 Å². The maximum atomic E-state index is 12.8. The quantitative estimate of drug-likeness (QED) is 0.605. The highest BCUT2D eigenvalue weighted by Gasteiger charge is 2.46. The second-order valence-electron chi connectivity index (χ2n) is 8.57. The second kappa shape index (κ2) is 9.42. The van der Waals surface area contributed by atoms with E-state index in [1.807, 2.05) is 31.2 Å². The molecule has 1 N–H and O–H groups in total. The van der Waals surface area contributed by atoms with Gasteiger partial charge in [0.1, 0.15) is 12.4 Å². The summed E-state index contributed by atoms with van der Waals surface area (Å²) in [6.07, 6.45) is 2.00. The number of carbonyl (C=O) groups excluding carboxylic acids is 1. The number of carbonyl (C=O) groups is 2. The van der Waals surface area contributed by atoms with E-state index in [2.05, 4.69) is 18.2 Å². The fourth-order valence-corrected chi connectivity index (χ4v) is 5.57. The molecule has 1 fully saturated rings. The van der Waals surface area contributed by atoms with Crippen LogP contribution in [-0.4, -0.2) is 54.5 Å². The molecule has 0 radical (unpaired) electrons. The van der Waals surface area contributed by atoms with Crippen molar-refractivity contribution in [1.82, 2.24) is 4.31 Å². The molecule has 1 aliphatic heterocycles. The average molecular weight is 460 g/mol. The van der Waals surface area contributed by atoms with Crippen molar-refractivity contribution in [2.45, 2.75) is 44.3 Å². The maximum Gasteiger partial charge on any atom is 0.325 e. The lowest BCUT2D eigenvalue weighted by Crippen LogP contribution is -2.51. The average Bonchev–Trinajstić information content (AvgIpc) is 2.77. The number of hydrogen-bond acceptors (Lipinski definition) is 5. The standard InChI is InChI=1S/C24H29NO6S/c1-17-15-19(7-8-22(17)20-5-4-6-21(16-20)31-14-13-26)18-9-11-25(12-10-18)32(29,30)24(2,3)23(27)28/h4-8,13,15-16,18H,9-12,14H2,1-3H3,(H,27,28). The minimum atomic E-state index is -3.93. The second-order valence-corrected chi connectivity index (χ2v) is 11.1. The van der Waals surface area contributed by atoms with Crippen molar-refractivity contribution in [2.24, 2.45) is 0 Å². The number of ether oxygens (including phenoxy) is 1. The molecule has 0 bridgehead atoms. The fourth-order valence-electron chi connectivity index (χ4n) is 4.01. The molecule has 7 nitrogen and oxygen atoms in total. The van der Waals surface area contributed by atoms with Gasteiger partial charge in [-0.1, -0.05) is 30.3 Å². The third-order valence-electron chi connectivity index (χ3n) is 6.14. The molecule has 1 heterocycles. The van der Waals surface area contributed by atoms with Crippen molar-refractivity contribution in [3.05, 3.63) is 53.6 Å². The third kappa shape index (κ3) is 4.71. The Labute approximate surface area is 189 Å². The molecule has 0 amide bonds. The number of aryl methyl sites for hydroxylation is 1. The Morgan fingerprint density at radius 2 is 1.88 bits per heavy atom. The molecule has 0 unspecified atom stereocenters. The van der Waals surface area contributed by atoms with Gasteiger partial charge in [-0.05, 0) is 73.9 Å². The summed E-state index contributed by atoms with van der Waals surface area (Å²) in [7, 11) is -3.93. The van der Waals surface area contributed by atoms with E-state index in [1.165, 1.54) is 18.2 Å². The summed E-state index contributed by atoms with van der Waals surface area (Å²) in [4.78, 5) is 22.0. The SMILES string of the molecule is Cc1cc(C2CCN(S(=O)(=O)C(C)(C)C(=O)O)CC2)ccc1-c1cccc(OCC=O)c1. The van der Waals surface area contributed by atoms with E-state index in [9.17, 15) is 23.1 Å². The first-order chi connectivity index (χ1) is 15.1. The number of carboxylic acid groups (broad SMARTS) is 1. The highest BCUT2D eigenvalue weighted by Crippen LogP contribution is 2.35. The molecule has 1 saturated heterocycles. The number of rotatable bonds is 8. The monoisotopic (exact) mass is 459 g/mol. The van der Waals surface area contributed by atoms with Crippen LogP contribution in [0.25, 0.3) is 11.1 Å². The fraction of sp³-hybridized carbons (Fsp3) is 0.417. The molecule has 3 rings (SSSR count). The summed E-state index contributed by atoms with van der Waals surface area (Å²) < 4.78 is 30.4. The summed E-state index contributed by atoms with van der Waals surface area (Å²) in [5.74, 6) is -0.494. The lowest BCUT2D eigenvalue weighted by molar-refractivity contribution is -0.139. The Balaban J connectivity index is 1.73. The molecule has 1 aliphatic rings. The van der Waals surface area contributed by atoms with Crippen molar-refractivity contribution in [3.8, 4) is 16.9 Å². The predicted molar refractivity (Wildman–Crippen MR) is 122 cm³/mol. The van der Waals surface area contributed by atoms with Crippen molar-refractivity contribution in [2.75, 3.05) is 19.7 Å². The number of piperidine rings is 1. The molecular formula is C24H29NO6S. The first-order valence-corrected chi connectivity index (χ1v) is 12.0. The van der Waals surface area contributed by atoms with E-state index in [0.29, 0.717) is 38.0 Å². The topological polar surface area (TPSA) is 101 Å². The molecule has 0 atom stereocenters. The van der Waals surface area contributed by atoms with Gasteiger partial charge in [0.25, 0.3) is 0 Å². The number of benzene rings is 2. The van der Waals surface area contributed by atoms with Crippen LogP contribution in [-0.2, 0) is 19.6 Å². The summed E-state index contributed by atoms with van der Waals surface area (Å²) in [6, 6.07) is 13.8. The summed E-state index contributed by atoms with van der Waals surface area (Å²) >= 11 is 0. The van der Waals surface area contributed by atoms with Gasteiger partial charge < -0.3 is 9.84 Å².